The van der Waals surface area contributed by atoms with E-state index in [1.165, 1.54) is 0 Å². The first-order chi connectivity index (χ1) is 12.6. The second-order valence-electron chi connectivity index (χ2n) is 6.16. The number of rotatable bonds is 4. The molecule has 1 saturated heterocycles. The molecule has 3 heterocycles. The molecule has 0 bridgehead atoms. The number of aryl methyl sites for hydroxylation is 1. The highest BCUT2D eigenvalue weighted by Gasteiger charge is 2.29. The van der Waals surface area contributed by atoms with Gasteiger partial charge in [0, 0.05) is 30.1 Å². The summed E-state index contributed by atoms with van der Waals surface area (Å²) in [5.41, 5.74) is 1.13. The number of amides is 1. The lowest BCUT2D eigenvalue weighted by molar-refractivity contribution is 0.0787. The van der Waals surface area contributed by atoms with E-state index >= 15 is 0 Å². The Morgan fingerprint density at radius 2 is 2.31 bits per heavy atom. The summed E-state index contributed by atoms with van der Waals surface area (Å²) in [4.78, 5) is 18.7. The fourth-order valence-corrected chi connectivity index (χ4v) is 3.19. The molecule has 2 aromatic heterocycles. The monoisotopic (exact) mass is 372 g/mol. The Morgan fingerprint density at radius 3 is 3.08 bits per heavy atom. The predicted octanol–water partition coefficient (Wildman–Crippen LogP) is 2.63. The van der Waals surface area contributed by atoms with Gasteiger partial charge in [0.2, 0.25) is 0 Å². The Morgan fingerprint density at radius 1 is 1.42 bits per heavy atom. The lowest BCUT2D eigenvalue weighted by Crippen LogP contribution is -2.29. The average molecular weight is 373 g/mol. The molecule has 0 spiro atoms. The highest BCUT2D eigenvalue weighted by molar-refractivity contribution is 6.30. The first kappa shape index (κ1) is 16.7. The van der Waals surface area contributed by atoms with E-state index in [9.17, 15) is 4.79 Å². The van der Waals surface area contributed by atoms with Crippen molar-refractivity contribution in [3.63, 3.8) is 0 Å². The van der Waals surface area contributed by atoms with Crippen LogP contribution in [0.5, 0.6) is 0 Å². The molecule has 1 aliphatic heterocycles. The fourth-order valence-electron chi connectivity index (χ4n) is 3.00. The lowest BCUT2D eigenvalue weighted by atomic mass is 10.2. The van der Waals surface area contributed by atoms with Gasteiger partial charge in [0.15, 0.2) is 11.5 Å². The van der Waals surface area contributed by atoms with Gasteiger partial charge in [-0.2, -0.15) is 4.98 Å². The van der Waals surface area contributed by atoms with Crippen molar-refractivity contribution in [2.75, 3.05) is 13.1 Å². The minimum absolute atomic E-state index is 0.0279. The van der Waals surface area contributed by atoms with Crippen LogP contribution in [0.1, 0.15) is 35.6 Å². The van der Waals surface area contributed by atoms with Crippen LogP contribution in [0.25, 0.3) is 11.6 Å². The number of aromatic nitrogens is 5. The van der Waals surface area contributed by atoms with Gasteiger partial charge in [-0.15, -0.1) is 5.10 Å². The van der Waals surface area contributed by atoms with Crippen LogP contribution in [0.3, 0.4) is 0 Å². The van der Waals surface area contributed by atoms with Gasteiger partial charge in [-0.25, -0.2) is 4.68 Å². The number of halogens is 1. The van der Waals surface area contributed by atoms with Gasteiger partial charge < -0.3 is 9.42 Å². The third kappa shape index (κ3) is 3.20. The summed E-state index contributed by atoms with van der Waals surface area (Å²) in [7, 11) is 0. The van der Waals surface area contributed by atoms with Gasteiger partial charge in [-0.05, 0) is 24.6 Å². The topological polar surface area (TPSA) is 89.9 Å². The van der Waals surface area contributed by atoms with E-state index in [0.717, 1.165) is 6.42 Å². The average Bonchev–Trinajstić information content (AvgIpc) is 3.39. The van der Waals surface area contributed by atoms with Crippen LogP contribution < -0.4 is 0 Å². The third-order valence-electron chi connectivity index (χ3n) is 4.41. The molecule has 1 amide bonds. The predicted molar refractivity (Wildman–Crippen MR) is 93.7 cm³/mol. The molecule has 4 rings (SSSR count). The molecule has 0 aliphatic carbocycles. The highest BCUT2D eigenvalue weighted by Crippen LogP contribution is 2.25. The normalized spacial score (nSPS) is 17.0. The maximum absolute atomic E-state index is 12.6. The number of likely N-dealkylation sites (tertiary alicyclic amines) is 1. The van der Waals surface area contributed by atoms with Crippen molar-refractivity contribution in [2.45, 2.75) is 25.8 Å². The second-order valence-corrected chi connectivity index (χ2v) is 6.59. The SMILES string of the molecule is CCc1noc(-c2cn(C3CCN(C(=O)c4cccc(Cl)c4)C3)nn2)n1. The summed E-state index contributed by atoms with van der Waals surface area (Å²) in [6.45, 7) is 3.18. The summed E-state index contributed by atoms with van der Waals surface area (Å²) in [5, 5.41) is 12.7. The maximum Gasteiger partial charge on any atom is 0.280 e. The Balaban J connectivity index is 1.46. The van der Waals surface area contributed by atoms with Crippen molar-refractivity contribution >= 4 is 17.5 Å². The second kappa shape index (κ2) is 6.87. The minimum Gasteiger partial charge on any atom is -0.336 e. The fraction of sp³-hybridized carbons (Fsp3) is 0.353. The van der Waals surface area contributed by atoms with Crippen LogP contribution in [0, 0.1) is 0 Å². The van der Waals surface area contributed by atoms with Crippen LogP contribution in [-0.2, 0) is 6.42 Å². The number of carbonyl (C=O) groups excluding carboxylic acids is 1. The van der Waals surface area contributed by atoms with E-state index in [1.807, 2.05) is 6.92 Å². The molecule has 9 heteroatoms. The summed E-state index contributed by atoms with van der Waals surface area (Å²) in [6.07, 6.45) is 3.28. The number of nitrogens with zero attached hydrogens (tertiary/aromatic N) is 6. The van der Waals surface area contributed by atoms with Gasteiger partial charge in [-0.3, -0.25) is 4.79 Å². The molecule has 26 heavy (non-hydrogen) atoms. The van der Waals surface area contributed by atoms with E-state index < -0.39 is 0 Å². The molecule has 0 N–H and O–H groups in total. The number of hydrogen-bond donors (Lipinski definition) is 0. The standard InChI is InChI=1S/C17H17ClN6O2/c1-2-15-19-16(26-21-15)14-10-24(22-20-14)13-6-7-23(9-13)17(25)11-4-3-5-12(18)8-11/h3-5,8,10,13H,2,6-7,9H2,1H3. The number of carbonyl (C=O) groups is 1. The first-order valence-electron chi connectivity index (χ1n) is 8.43. The molecule has 1 atom stereocenters. The highest BCUT2D eigenvalue weighted by atomic mass is 35.5. The molecule has 1 aliphatic rings. The van der Waals surface area contributed by atoms with E-state index in [4.69, 9.17) is 16.1 Å². The third-order valence-corrected chi connectivity index (χ3v) is 4.65. The molecule has 1 aromatic carbocycles. The van der Waals surface area contributed by atoms with E-state index in [0.29, 0.717) is 47.5 Å². The van der Waals surface area contributed by atoms with Crippen molar-refractivity contribution in [2.24, 2.45) is 0 Å². The smallest absolute Gasteiger partial charge is 0.280 e. The molecule has 0 saturated carbocycles. The van der Waals surface area contributed by atoms with E-state index in [1.54, 1.807) is 40.0 Å². The molecule has 1 unspecified atom stereocenters. The first-order valence-corrected chi connectivity index (χ1v) is 8.81. The van der Waals surface area contributed by atoms with Crippen molar-refractivity contribution in [3.8, 4) is 11.6 Å². The number of benzene rings is 1. The largest absolute Gasteiger partial charge is 0.336 e. The zero-order valence-electron chi connectivity index (χ0n) is 14.2. The molecular formula is C17H17ClN6O2. The zero-order valence-corrected chi connectivity index (χ0v) is 14.9. The van der Waals surface area contributed by atoms with Crippen LogP contribution in [0.4, 0.5) is 0 Å². The van der Waals surface area contributed by atoms with Crippen molar-refractivity contribution in [3.05, 3.63) is 46.9 Å². The van der Waals surface area contributed by atoms with Gasteiger partial charge >= 0.3 is 0 Å². The quantitative estimate of drug-likeness (QED) is 0.699. The molecule has 3 aromatic rings. The molecule has 8 nitrogen and oxygen atoms in total. The Hall–Kier alpha value is -2.74. The van der Waals surface area contributed by atoms with Gasteiger partial charge in [0.05, 0.1) is 12.2 Å². The Labute approximate surface area is 154 Å². The summed E-state index contributed by atoms with van der Waals surface area (Å²) in [5.74, 6) is 0.964. The minimum atomic E-state index is -0.0279. The Bertz CT molecular complexity index is 937. The van der Waals surface area contributed by atoms with Crippen LogP contribution in [-0.4, -0.2) is 49.0 Å². The summed E-state index contributed by atoms with van der Waals surface area (Å²) >= 11 is 5.98. The van der Waals surface area contributed by atoms with Crippen molar-refractivity contribution < 1.29 is 9.32 Å². The van der Waals surface area contributed by atoms with Gasteiger partial charge in [0.25, 0.3) is 11.8 Å². The van der Waals surface area contributed by atoms with E-state index in [-0.39, 0.29) is 11.9 Å². The maximum atomic E-state index is 12.6. The van der Waals surface area contributed by atoms with Crippen molar-refractivity contribution in [1.82, 2.24) is 30.0 Å². The van der Waals surface area contributed by atoms with Gasteiger partial charge in [-0.1, -0.05) is 35.0 Å². The van der Waals surface area contributed by atoms with Crippen LogP contribution in [0.2, 0.25) is 5.02 Å². The van der Waals surface area contributed by atoms with Gasteiger partial charge in [0.1, 0.15) is 0 Å². The number of hydrogen-bond acceptors (Lipinski definition) is 6. The van der Waals surface area contributed by atoms with E-state index in [2.05, 4.69) is 20.5 Å². The molecule has 134 valence electrons. The van der Waals surface area contributed by atoms with Crippen LogP contribution in [0.15, 0.2) is 35.0 Å². The summed E-state index contributed by atoms with van der Waals surface area (Å²) in [6, 6.07) is 7.06. The summed E-state index contributed by atoms with van der Waals surface area (Å²) < 4.78 is 6.95. The molecule has 1 fully saturated rings. The Kier molecular flexibility index (Phi) is 4.42. The zero-order chi connectivity index (χ0) is 18.1. The molecule has 0 radical (unpaired) electrons. The van der Waals surface area contributed by atoms with Crippen LogP contribution >= 0.6 is 11.6 Å². The molecular weight excluding hydrogens is 356 g/mol. The lowest BCUT2D eigenvalue weighted by Gasteiger charge is -2.16. The van der Waals surface area contributed by atoms with Crippen molar-refractivity contribution in [1.29, 1.82) is 0 Å².